The average molecular weight is 481 g/mol. The average Bonchev–Trinajstić information content (AvgIpc) is 2.76. The molecule has 0 radical (unpaired) electrons. The summed E-state index contributed by atoms with van der Waals surface area (Å²) >= 11 is 14.3. The molecule has 0 heterocycles. The lowest BCUT2D eigenvalue weighted by molar-refractivity contribution is -0.139. The standard InChI is InChI=1S/C24H30Cl2N2O2S/c1-4-17(3)27-24(30)22(5-2)28(14-19-20(25)12-9-13-21(19)26)23(29)16-31-15-18-10-7-6-8-11-18/h6-13,17,22H,4-5,14-16H2,1-3H3,(H,27,30). The van der Waals surface area contributed by atoms with Crippen LogP contribution in [0.2, 0.25) is 10.0 Å². The van der Waals surface area contributed by atoms with Gasteiger partial charge in [0, 0.05) is 33.9 Å². The summed E-state index contributed by atoms with van der Waals surface area (Å²) in [4.78, 5) is 27.8. The van der Waals surface area contributed by atoms with Gasteiger partial charge in [-0.15, -0.1) is 11.8 Å². The van der Waals surface area contributed by atoms with Crippen LogP contribution in [0, 0.1) is 0 Å². The molecule has 0 saturated carbocycles. The maximum atomic E-state index is 13.3. The molecule has 2 atom stereocenters. The molecule has 2 unspecified atom stereocenters. The molecule has 0 aliphatic carbocycles. The molecule has 0 fully saturated rings. The first-order valence-electron chi connectivity index (χ1n) is 10.5. The number of nitrogens with one attached hydrogen (secondary N) is 1. The van der Waals surface area contributed by atoms with Crippen LogP contribution in [0.25, 0.3) is 0 Å². The Morgan fingerprint density at radius 3 is 2.23 bits per heavy atom. The topological polar surface area (TPSA) is 49.4 Å². The number of halogens is 2. The first-order chi connectivity index (χ1) is 14.9. The Kier molecular flexibility index (Phi) is 10.7. The molecular formula is C24H30Cl2N2O2S. The van der Waals surface area contributed by atoms with Gasteiger partial charge in [-0.2, -0.15) is 0 Å². The first-order valence-corrected chi connectivity index (χ1v) is 12.4. The van der Waals surface area contributed by atoms with E-state index in [2.05, 4.69) is 5.32 Å². The number of carbonyl (C=O) groups is 2. The molecule has 0 aliphatic rings. The van der Waals surface area contributed by atoms with Gasteiger partial charge >= 0.3 is 0 Å². The summed E-state index contributed by atoms with van der Waals surface area (Å²) in [6.45, 7) is 6.07. The van der Waals surface area contributed by atoms with Gasteiger partial charge in [0.1, 0.15) is 6.04 Å². The number of carbonyl (C=O) groups excluding carboxylic acids is 2. The van der Waals surface area contributed by atoms with Crippen molar-refractivity contribution in [2.75, 3.05) is 5.75 Å². The Morgan fingerprint density at radius 2 is 1.65 bits per heavy atom. The summed E-state index contributed by atoms with van der Waals surface area (Å²) in [7, 11) is 0. The number of benzene rings is 2. The summed E-state index contributed by atoms with van der Waals surface area (Å²) in [5.41, 5.74) is 1.81. The van der Waals surface area contributed by atoms with E-state index >= 15 is 0 Å². The largest absolute Gasteiger partial charge is 0.352 e. The van der Waals surface area contributed by atoms with Crippen LogP contribution >= 0.6 is 35.0 Å². The molecule has 2 rings (SSSR count). The van der Waals surface area contributed by atoms with Crippen molar-refractivity contribution in [2.45, 2.75) is 58.0 Å². The zero-order valence-corrected chi connectivity index (χ0v) is 20.6. The predicted molar refractivity (Wildman–Crippen MR) is 132 cm³/mol. The van der Waals surface area contributed by atoms with Crippen LogP contribution in [0.1, 0.15) is 44.7 Å². The molecule has 0 aliphatic heterocycles. The summed E-state index contributed by atoms with van der Waals surface area (Å²) in [6, 6.07) is 14.7. The number of hydrogen-bond acceptors (Lipinski definition) is 3. The minimum absolute atomic E-state index is 0.0369. The van der Waals surface area contributed by atoms with Crippen LogP contribution in [0.4, 0.5) is 0 Å². The number of thioether (sulfide) groups is 1. The summed E-state index contributed by atoms with van der Waals surface area (Å²) < 4.78 is 0. The minimum Gasteiger partial charge on any atom is -0.352 e. The molecule has 1 N–H and O–H groups in total. The van der Waals surface area contributed by atoms with Crippen molar-refractivity contribution in [3.8, 4) is 0 Å². The Labute approximate surface area is 199 Å². The van der Waals surface area contributed by atoms with Crippen LogP contribution in [0.5, 0.6) is 0 Å². The number of nitrogens with zero attached hydrogens (tertiary/aromatic N) is 1. The molecule has 0 aromatic heterocycles. The molecule has 31 heavy (non-hydrogen) atoms. The van der Waals surface area contributed by atoms with Crippen LogP contribution in [-0.4, -0.2) is 34.6 Å². The number of hydrogen-bond donors (Lipinski definition) is 1. The van der Waals surface area contributed by atoms with Crippen molar-refractivity contribution >= 4 is 46.8 Å². The van der Waals surface area contributed by atoms with E-state index in [0.29, 0.717) is 22.0 Å². The molecule has 4 nitrogen and oxygen atoms in total. The van der Waals surface area contributed by atoms with E-state index in [4.69, 9.17) is 23.2 Å². The lowest BCUT2D eigenvalue weighted by Crippen LogP contribution is -2.51. The summed E-state index contributed by atoms with van der Waals surface area (Å²) in [5.74, 6) is 0.734. The van der Waals surface area contributed by atoms with Crippen molar-refractivity contribution in [3.05, 3.63) is 69.7 Å². The van der Waals surface area contributed by atoms with Gasteiger partial charge in [0.05, 0.1) is 5.75 Å². The smallest absolute Gasteiger partial charge is 0.243 e. The highest BCUT2D eigenvalue weighted by Gasteiger charge is 2.30. The second-order valence-electron chi connectivity index (χ2n) is 7.44. The third-order valence-electron chi connectivity index (χ3n) is 5.11. The molecule has 2 aromatic rings. The van der Waals surface area contributed by atoms with Crippen LogP contribution in [-0.2, 0) is 21.9 Å². The van der Waals surface area contributed by atoms with Gasteiger partial charge in [-0.1, -0.05) is 73.4 Å². The van der Waals surface area contributed by atoms with Gasteiger partial charge in [0.25, 0.3) is 0 Å². The van der Waals surface area contributed by atoms with E-state index in [0.717, 1.165) is 17.7 Å². The Bertz CT molecular complexity index is 844. The summed E-state index contributed by atoms with van der Waals surface area (Å²) in [5, 5.41) is 3.98. The molecule has 2 amide bonds. The first kappa shape index (κ1) is 25.6. The Balaban J connectivity index is 2.20. The fourth-order valence-corrected chi connectivity index (χ4v) is 4.52. The zero-order chi connectivity index (χ0) is 22.8. The van der Waals surface area contributed by atoms with E-state index in [1.807, 2.05) is 51.1 Å². The fourth-order valence-electron chi connectivity index (χ4n) is 3.13. The third kappa shape index (κ3) is 7.74. The molecule has 0 bridgehead atoms. The third-order valence-corrected chi connectivity index (χ3v) is 6.81. The van der Waals surface area contributed by atoms with Gasteiger partial charge in [-0.3, -0.25) is 9.59 Å². The van der Waals surface area contributed by atoms with Gasteiger partial charge in [-0.05, 0) is 37.5 Å². The lowest BCUT2D eigenvalue weighted by atomic mass is 10.1. The maximum Gasteiger partial charge on any atom is 0.243 e. The van der Waals surface area contributed by atoms with Gasteiger partial charge in [0.2, 0.25) is 11.8 Å². The lowest BCUT2D eigenvalue weighted by Gasteiger charge is -2.32. The highest BCUT2D eigenvalue weighted by molar-refractivity contribution is 7.99. The van der Waals surface area contributed by atoms with E-state index in [1.54, 1.807) is 23.1 Å². The Morgan fingerprint density at radius 1 is 1.00 bits per heavy atom. The van der Waals surface area contributed by atoms with Crippen molar-refractivity contribution in [3.63, 3.8) is 0 Å². The Hall–Kier alpha value is -1.69. The molecule has 2 aromatic carbocycles. The minimum atomic E-state index is -0.592. The van der Waals surface area contributed by atoms with Gasteiger partial charge < -0.3 is 10.2 Å². The maximum absolute atomic E-state index is 13.3. The van der Waals surface area contributed by atoms with Crippen LogP contribution in [0.15, 0.2) is 48.5 Å². The van der Waals surface area contributed by atoms with E-state index in [-0.39, 0.29) is 30.2 Å². The van der Waals surface area contributed by atoms with Gasteiger partial charge in [0.15, 0.2) is 0 Å². The zero-order valence-electron chi connectivity index (χ0n) is 18.2. The predicted octanol–water partition coefficient (Wildman–Crippen LogP) is 5.95. The number of amides is 2. The molecule has 0 spiro atoms. The second-order valence-corrected chi connectivity index (χ2v) is 9.24. The second kappa shape index (κ2) is 13.0. The highest BCUT2D eigenvalue weighted by atomic mass is 35.5. The fraction of sp³-hybridized carbons (Fsp3) is 0.417. The normalized spacial score (nSPS) is 12.8. The van der Waals surface area contributed by atoms with E-state index in [1.165, 1.54) is 11.8 Å². The quantitative estimate of drug-likeness (QED) is 0.432. The van der Waals surface area contributed by atoms with Crippen molar-refractivity contribution in [1.82, 2.24) is 10.2 Å². The number of rotatable bonds is 11. The monoisotopic (exact) mass is 480 g/mol. The van der Waals surface area contributed by atoms with Crippen LogP contribution < -0.4 is 5.32 Å². The van der Waals surface area contributed by atoms with E-state index < -0.39 is 6.04 Å². The highest BCUT2D eigenvalue weighted by Crippen LogP contribution is 2.27. The van der Waals surface area contributed by atoms with Crippen molar-refractivity contribution < 1.29 is 9.59 Å². The SMILES string of the molecule is CCC(C)NC(=O)C(CC)N(Cc1c(Cl)cccc1Cl)C(=O)CSCc1ccccc1. The molecule has 7 heteroatoms. The summed E-state index contributed by atoms with van der Waals surface area (Å²) in [6.07, 6.45) is 1.32. The van der Waals surface area contributed by atoms with Crippen LogP contribution in [0.3, 0.4) is 0 Å². The molecular weight excluding hydrogens is 451 g/mol. The van der Waals surface area contributed by atoms with Gasteiger partial charge in [-0.25, -0.2) is 0 Å². The molecule has 168 valence electrons. The van der Waals surface area contributed by atoms with Crippen molar-refractivity contribution in [1.29, 1.82) is 0 Å². The van der Waals surface area contributed by atoms with E-state index in [9.17, 15) is 9.59 Å². The molecule has 0 saturated heterocycles. The van der Waals surface area contributed by atoms with Crippen molar-refractivity contribution in [2.24, 2.45) is 0 Å².